The van der Waals surface area contributed by atoms with Gasteiger partial charge in [-0.3, -0.25) is 9.59 Å². The maximum Gasteiger partial charge on any atom is 0.254 e. The molecule has 1 aliphatic heterocycles. The number of hydrogen-bond donors (Lipinski definition) is 1. The first-order chi connectivity index (χ1) is 15.4. The van der Waals surface area contributed by atoms with Crippen LogP contribution in [0.4, 0.5) is 4.39 Å². The summed E-state index contributed by atoms with van der Waals surface area (Å²) in [5, 5.41) is 2.74. The van der Waals surface area contributed by atoms with Gasteiger partial charge in [0.1, 0.15) is 0 Å². The van der Waals surface area contributed by atoms with Gasteiger partial charge in [0.05, 0.1) is 13.7 Å². The van der Waals surface area contributed by atoms with E-state index in [0.717, 1.165) is 24.8 Å². The summed E-state index contributed by atoms with van der Waals surface area (Å²) in [7, 11) is 1.50. The molecule has 0 unspecified atom stereocenters. The second-order valence-electron chi connectivity index (χ2n) is 9.11. The van der Waals surface area contributed by atoms with E-state index in [1.54, 1.807) is 4.90 Å². The fourth-order valence-corrected chi connectivity index (χ4v) is 5.10. The number of carbonyl (C=O) groups excluding carboxylic acids is 2. The summed E-state index contributed by atoms with van der Waals surface area (Å²) in [5.41, 5.74) is 3.02. The molecule has 1 heterocycles. The number of methoxy groups -OCH3 is 1. The number of nitrogens with one attached hydrogen (secondary N) is 1. The molecule has 0 radical (unpaired) electrons. The monoisotopic (exact) mass is 438 g/mol. The SMILES string of the molecule is COc1cc([C@@H](C)C[C@H]2CC[C@@H](c3ccc(C(=O)N4CCNC(=O)C4)cc3)C2)ccc1F. The van der Waals surface area contributed by atoms with Crippen molar-refractivity contribution in [1.29, 1.82) is 0 Å². The minimum atomic E-state index is -0.324. The van der Waals surface area contributed by atoms with E-state index in [1.807, 2.05) is 24.3 Å². The Morgan fingerprint density at radius 1 is 1.22 bits per heavy atom. The topological polar surface area (TPSA) is 58.6 Å². The van der Waals surface area contributed by atoms with E-state index < -0.39 is 0 Å². The van der Waals surface area contributed by atoms with Crippen LogP contribution in [0, 0.1) is 11.7 Å². The Morgan fingerprint density at radius 2 is 2.00 bits per heavy atom. The van der Waals surface area contributed by atoms with Crippen molar-refractivity contribution in [2.24, 2.45) is 5.92 Å². The van der Waals surface area contributed by atoms with Gasteiger partial charge >= 0.3 is 0 Å². The maximum absolute atomic E-state index is 13.7. The highest BCUT2D eigenvalue weighted by Gasteiger charge is 2.28. The lowest BCUT2D eigenvalue weighted by Crippen LogP contribution is -2.49. The number of carbonyl (C=O) groups is 2. The van der Waals surface area contributed by atoms with E-state index in [2.05, 4.69) is 24.4 Å². The van der Waals surface area contributed by atoms with Crippen molar-refractivity contribution >= 4 is 11.8 Å². The molecule has 0 bridgehead atoms. The number of hydrogen-bond acceptors (Lipinski definition) is 3. The Kier molecular flexibility index (Phi) is 6.77. The summed E-state index contributed by atoms with van der Waals surface area (Å²) in [6.45, 7) is 3.38. The van der Waals surface area contributed by atoms with E-state index >= 15 is 0 Å². The van der Waals surface area contributed by atoms with Crippen molar-refractivity contribution < 1.29 is 18.7 Å². The van der Waals surface area contributed by atoms with E-state index in [9.17, 15) is 14.0 Å². The molecule has 2 amide bonds. The first-order valence-corrected chi connectivity index (χ1v) is 11.4. The predicted molar refractivity (Wildman–Crippen MR) is 121 cm³/mol. The quantitative estimate of drug-likeness (QED) is 0.723. The molecule has 0 spiro atoms. The molecule has 1 N–H and O–H groups in total. The third-order valence-corrected chi connectivity index (χ3v) is 6.93. The summed E-state index contributed by atoms with van der Waals surface area (Å²) in [5.74, 6) is 1.26. The normalized spacial score (nSPS) is 21.8. The lowest BCUT2D eigenvalue weighted by Gasteiger charge is -2.26. The molecule has 32 heavy (non-hydrogen) atoms. The number of nitrogens with zero attached hydrogens (tertiary/aromatic N) is 1. The Bertz CT molecular complexity index is 976. The van der Waals surface area contributed by atoms with E-state index in [4.69, 9.17) is 4.74 Å². The molecule has 6 heteroatoms. The molecule has 2 aliphatic rings. The number of piperazine rings is 1. The molecule has 4 rings (SSSR count). The van der Waals surface area contributed by atoms with Crippen molar-refractivity contribution in [2.45, 2.75) is 44.4 Å². The molecule has 1 saturated heterocycles. The standard InChI is InChI=1S/C26H31FN2O3/c1-17(21-9-10-23(27)24(15-21)32-2)13-18-3-4-22(14-18)19-5-7-20(8-6-19)26(31)29-12-11-28-25(30)16-29/h5-10,15,17-18,22H,3-4,11-14,16H2,1-2H3,(H,28,30)/t17-,18+,22+/m0/s1. The van der Waals surface area contributed by atoms with Crippen molar-refractivity contribution in [1.82, 2.24) is 10.2 Å². The lowest BCUT2D eigenvalue weighted by atomic mass is 9.88. The van der Waals surface area contributed by atoms with Crippen LogP contribution in [-0.2, 0) is 4.79 Å². The van der Waals surface area contributed by atoms with Crippen LogP contribution in [0.3, 0.4) is 0 Å². The van der Waals surface area contributed by atoms with E-state index in [1.165, 1.54) is 25.2 Å². The van der Waals surface area contributed by atoms with Crippen LogP contribution < -0.4 is 10.1 Å². The molecular formula is C26H31FN2O3. The van der Waals surface area contributed by atoms with Gasteiger partial charge in [0.25, 0.3) is 5.91 Å². The molecule has 0 aromatic heterocycles. The maximum atomic E-state index is 13.7. The zero-order valence-electron chi connectivity index (χ0n) is 18.8. The third kappa shape index (κ3) is 4.95. The zero-order valence-corrected chi connectivity index (χ0v) is 18.8. The number of ether oxygens (including phenoxy) is 1. The highest BCUT2D eigenvalue weighted by Crippen LogP contribution is 2.42. The van der Waals surface area contributed by atoms with Gasteiger partial charge in [-0.1, -0.05) is 25.1 Å². The van der Waals surface area contributed by atoms with Gasteiger partial charge in [0.15, 0.2) is 11.6 Å². The van der Waals surface area contributed by atoms with Gasteiger partial charge < -0.3 is 15.0 Å². The molecule has 1 saturated carbocycles. The number of rotatable bonds is 6. The smallest absolute Gasteiger partial charge is 0.254 e. The van der Waals surface area contributed by atoms with Gasteiger partial charge in [-0.2, -0.15) is 0 Å². The van der Waals surface area contributed by atoms with Crippen LogP contribution in [0.15, 0.2) is 42.5 Å². The molecule has 2 fully saturated rings. The molecule has 2 aromatic rings. The summed E-state index contributed by atoms with van der Waals surface area (Å²) in [6, 6.07) is 13.1. The molecule has 170 valence electrons. The lowest BCUT2D eigenvalue weighted by molar-refractivity contribution is -0.123. The second-order valence-corrected chi connectivity index (χ2v) is 9.11. The molecule has 5 nitrogen and oxygen atoms in total. The number of amides is 2. The van der Waals surface area contributed by atoms with E-state index in [-0.39, 0.29) is 24.2 Å². The average molecular weight is 439 g/mol. The first kappa shape index (κ1) is 22.3. The van der Waals surface area contributed by atoms with Crippen LogP contribution in [0.2, 0.25) is 0 Å². The highest BCUT2D eigenvalue weighted by molar-refractivity contribution is 5.97. The van der Waals surface area contributed by atoms with Gasteiger partial charge in [-0.15, -0.1) is 0 Å². The highest BCUT2D eigenvalue weighted by atomic mass is 19.1. The van der Waals surface area contributed by atoms with Gasteiger partial charge in [0, 0.05) is 18.7 Å². The van der Waals surface area contributed by atoms with Crippen LogP contribution in [0.1, 0.15) is 65.9 Å². The Morgan fingerprint density at radius 3 is 2.72 bits per heavy atom. The Hall–Kier alpha value is -2.89. The van der Waals surface area contributed by atoms with E-state index in [0.29, 0.717) is 42.2 Å². The summed E-state index contributed by atoms with van der Waals surface area (Å²) < 4.78 is 18.8. The fourth-order valence-electron chi connectivity index (χ4n) is 5.10. The Balaban J connectivity index is 1.34. The molecule has 1 aliphatic carbocycles. The predicted octanol–water partition coefficient (Wildman–Crippen LogP) is 4.48. The zero-order chi connectivity index (χ0) is 22.7. The van der Waals surface area contributed by atoms with Crippen LogP contribution >= 0.6 is 0 Å². The summed E-state index contributed by atoms with van der Waals surface area (Å²) in [6.07, 6.45) is 4.52. The van der Waals surface area contributed by atoms with Crippen molar-refractivity contribution in [3.8, 4) is 5.75 Å². The Labute approximate surface area is 188 Å². The minimum absolute atomic E-state index is 0.0840. The first-order valence-electron chi connectivity index (χ1n) is 11.4. The van der Waals surface area contributed by atoms with Gasteiger partial charge in [-0.25, -0.2) is 4.39 Å². The number of halogens is 1. The van der Waals surface area contributed by atoms with Crippen molar-refractivity contribution in [3.05, 3.63) is 65.0 Å². The molecular weight excluding hydrogens is 407 g/mol. The largest absolute Gasteiger partial charge is 0.494 e. The summed E-state index contributed by atoms with van der Waals surface area (Å²) in [4.78, 5) is 25.8. The molecule has 3 atom stereocenters. The average Bonchev–Trinajstić information content (AvgIpc) is 3.27. The van der Waals surface area contributed by atoms with Gasteiger partial charge in [0.2, 0.25) is 5.91 Å². The fraction of sp³-hybridized carbons (Fsp3) is 0.462. The minimum Gasteiger partial charge on any atom is -0.494 e. The van der Waals surface area contributed by atoms with Crippen LogP contribution in [0.5, 0.6) is 5.75 Å². The third-order valence-electron chi connectivity index (χ3n) is 6.93. The summed E-state index contributed by atoms with van der Waals surface area (Å²) >= 11 is 0. The molecule has 2 aromatic carbocycles. The van der Waals surface area contributed by atoms with Gasteiger partial charge in [-0.05, 0) is 78.8 Å². The van der Waals surface area contributed by atoms with Crippen LogP contribution in [-0.4, -0.2) is 43.5 Å². The number of benzene rings is 2. The van der Waals surface area contributed by atoms with Crippen molar-refractivity contribution in [3.63, 3.8) is 0 Å². The second kappa shape index (κ2) is 9.72. The van der Waals surface area contributed by atoms with Crippen molar-refractivity contribution in [2.75, 3.05) is 26.7 Å². The van der Waals surface area contributed by atoms with Crippen LogP contribution in [0.25, 0.3) is 0 Å².